The maximum absolute atomic E-state index is 11.6. The number of esters is 1. The fourth-order valence-corrected chi connectivity index (χ4v) is 3.87. The Morgan fingerprint density at radius 1 is 1.53 bits per heavy atom. The van der Waals surface area contributed by atoms with Crippen LogP contribution < -0.4 is 5.32 Å². The standard InChI is InChI=1S/C11H19NO2S/c1-2-14-10(13)9-7-11(8-12-9)3-5-15-6-4-11/h9,12H,2-8H2,1H3. The Hall–Kier alpha value is -0.220. The van der Waals surface area contributed by atoms with Gasteiger partial charge in [-0.05, 0) is 43.1 Å². The molecule has 15 heavy (non-hydrogen) atoms. The van der Waals surface area contributed by atoms with Gasteiger partial charge in [0.1, 0.15) is 6.04 Å². The fraction of sp³-hybridized carbons (Fsp3) is 0.909. The molecule has 0 aromatic rings. The first-order valence-electron chi connectivity index (χ1n) is 5.73. The van der Waals surface area contributed by atoms with Crippen molar-refractivity contribution < 1.29 is 9.53 Å². The molecule has 0 saturated carbocycles. The molecule has 0 aromatic heterocycles. The molecule has 1 spiro atoms. The van der Waals surface area contributed by atoms with E-state index >= 15 is 0 Å². The Labute approximate surface area is 95.3 Å². The monoisotopic (exact) mass is 229 g/mol. The van der Waals surface area contributed by atoms with Gasteiger partial charge in [0.05, 0.1) is 6.61 Å². The van der Waals surface area contributed by atoms with Crippen molar-refractivity contribution in [3.63, 3.8) is 0 Å². The van der Waals surface area contributed by atoms with E-state index in [2.05, 4.69) is 5.32 Å². The number of hydrogen-bond acceptors (Lipinski definition) is 4. The highest BCUT2D eigenvalue weighted by molar-refractivity contribution is 7.99. The van der Waals surface area contributed by atoms with Crippen molar-refractivity contribution in [1.29, 1.82) is 0 Å². The number of hydrogen-bond donors (Lipinski definition) is 1. The summed E-state index contributed by atoms with van der Waals surface area (Å²) < 4.78 is 5.05. The summed E-state index contributed by atoms with van der Waals surface area (Å²) in [5.74, 6) is 2.43. The van der Waals surface area contributed by atoms with Gasteiger partial charge in [-0.25, -0.2) is 0 Å². The van der Waals surface area contributed by atoms with Gasteiger partial charge in [-0.15, -0.1) is 0 Å². The van der Waals surface area contributed by atoms with Crippen molar-refractivity contribution in [2.24, 2.45) is 5.41 Å². The van der Waals surface area contributed by atoms with Crippen LogP contribution in [0.5, 0.6) is 0 Å². The van der Waals surface area contributed by atoms with Crippen molar-refractivity contribution >= 4 is 17.7 Å². The van der Waals surface area contributed by atoms with E-state index in [0.717, 1.165) is 13.0 Å². The van der Waals surface area contributed by atoms with E-state index in [0.29, 0.717) is 12.0 Å². The lowest BCUT2D eigenvalue weighted by atomic mass is 9.80. The first kappa shape index (κ1) is 11.3. The molecular weight excluding hydrogens is 210 g/mol. The summed E-state index contributed by atoms with van der Waals surface area (Å²) in [5.41, 5.74) is 0.392. The highest BCUT2D eigenvalue weighted by Crippen LogP contribution is 2.41. The van der Waals surface area contributed by atoms with Crippen LogP contribution in [0.1, 0.15) is 26.2 Å². The average Bonchev–Trinajstić information content (AvgIpc) is 2.64. The van der Waals surface area contributed by atoms with Gasteiger partial charge in [-0.1, -0.05) is 0 Å². The van der Waals surface area contributed by atoms with Crippen LogP contribution in [0.15, 0.2) is 0 Å². The molecule has 2 aliphatic rings. The van der Waals surface area contributed by atoms with Gasteiger partial charge < -0.3 is 10.1 Å². The molecule has 0 bridgehead atoms. The number of thioether (sulfide) groups is 1. The molecule has 2 rings (SSSR count). The number of rotatable bonds is 2. The lowest BCUT2D eigenvalue weighted by Crippen LogP contribution is -2.32. The van der Waals surface area contributed by atoms with Crippen molar-refractivity contribution in [3.05, 3.63) is 0 Å². The van der Waals surface area contributed by atoms with Crippen molar-refractivity contribution in [2.75, 3.05) is 24.7 Å². The zero-order valence-electron chi connectivity index (χ0n) is 9.25. The summed E-state index contributed by atoms with van der Waals surface area (Å²) in [6.45, 7) is 3.34. The van der Waals surface area contributed by atoms with Gasteiger partial charge in [-0.2, -0.15) is 11.8 Å². The summed E-state index contributed by atoms with van der Waals surface area (Å²) in [5, 5.41) is 3.32. The van der Waals surface area contributed by atoms with Crippen molar-refractivity contribution in [3.8, 4) is 0 Å². The second-order valence-electron chi connectivity index (χ2n) is 4.50. The predicted molar refractivity (Wildman–Crippen MR) is 62.0 cm³/mol. The lowest BCUT2D eigenvalue weighted by molar-refractivity contribution is -0.145. The molecule has 2 fully saturated rings. The van der Waals surface area contributed by atoms with Gasteiger partial charge in [-0.3, -0.25) is 4.79 Å². The molecule has 4 heteroatoms. The van der Waals surface area contributed by atoms with Crippen LogP contribution in [0.4, 0.5) is 0 Å². The van der Waals surface area contributed by atoms with Crippen molar-refractivity contribution in [1.82, 2.24) is 5.32 Å². The van der Waals surface area contributed by atoms with E-state index in [1.165, 1.54) is 24.3 Å². The third-order valence-corrected chi connectivity index (χ3v) is 4.47. The SMILES string of the molecule is CCOC(=O)C1CC2(CCSCC2)CN1. The third kappa shape index (κ3) is 2.48. The molecule has 0 aromatic carbocycles. The molecule has 2 heterocycles. The summed E-state index contributed by atoms with van der Waals surface area (Å²) in [6, 6.07) is -0.0481. The van der Waals surface area contributed by atoms with E-state index in [9.17, 15) is 4.79 Å². The number of carbonyl (C=O) groups is 1. The average molecular weight is 229 g/mol. The molecule has 1 unspecified atom stereocenters. The van der Waals surface area contributed by atoms with Gasteiger partial charge in [0, 0.05) is 6.54 Å². The minimum absolute atomic E-state index is 0.0481. The zero-order chi connectivity index (χ0) is 10.7. The minimum atomic E-state index is -0.0624. The first-order chi connectivity index (χ1) is 7.26. The van der Waals surface area contributed by atoms with E-state index in [1.54, 1.807) is 0 Å². The normalized spacial score (nSPS) is 29.3. The lowest BCUT2D eigenvalue weighted by Gasteiger charge is -2.32. The minimum Gasteiger partial charge on any atom is -0.465 e. The fourth-order valence-electron chi connectivity index (χ4n) is 2.51. The summed E-state index contributed by atoms with van der Waals surface area (Å²) in [7, 11) is 0. The Bertz CT molecular complexity index is 239. The largest absolute Gasteiger partial charge is 0.465 e. The summed E-state index contributed by atoms with van der Waals surface area (Å²) in [6.07, 6.45) is 3.48. The maximum atomic E-state index is 11.6. The first-order valence-corrected chi connectivity index (χ1v) is 6.89. The van der Waals surface area contributed by atoms with Gasteiger partial charge in [0.2, 0.25) is 0 Å². The van der Waals surface area contributed by atoms with Gasteiger partial charge in [0.15, 0.2) is 0 Å². The molecular formula is C11H19NO2S. The van der Waals surface area contributed by atoms with Crippen LogP contribution >= 0.6 is 11.8 Å². The van der Waals surface area contributed by atoms with Crippen molar-refractivity contribution in [2.45, 2.75) is 32.2 Å². The van der Waals surface area contributed by atoms with Crippen LogP contribution in [-0.2, 0) is 9.53 Å². The molecule has 1 atom stereocenters. The summed E-state index contributed by atoms with van der Waals surface area (Å²) >= 11 is 2.03. The van der Waals surface area contributed by atoms with Crippen LogP contribution in [0, 0.1) is 5.41 Å². The van der Waals surface area contributed by atoms with Gasteiger partial charge in [0.25, 0.3) is 0 Å². The molecule has 86 valence electrons. The molecule has 2 saturated heterocycles. The Balaban J connectivity index is 1.90. The summed E-state index contributed by atoms with van der Waals surface area (Å²) in [4.78, 5) is 11.6. The smallest absolute Gasteiger partial charge is 0.323 e. The van der Waals surface area contributed by atoms with E-state index < -0.39 is 0 Å². The molecule has 0 amide bonds. The molecule has 0 radical (unpaired) electrons. The number of carbonyl (C=O) groups excluding carboxylic acids is 1. The number of ether oxygens (including phenoxy) is 1. The highest BCUT2D eigenvalue weighted by Gasteiger charge is 2.42. The Morgan fingerprint density at radius 2 is 2.27 bits per heavy atom. The third-order valence-electron chi connectivity index (χ3n) is 3.49. The molecule has 1 N–H and O–H groups in total. The Kier molecular flexibility index (Phi) is 3.57. The molecule has 0 aliphatic carbocycles. The van der Waals surface area contributed by atoms with Crippen LogP contribution in [0.3, 0.4) is 0 Å². The number of nitrogens with one attached hydrogen (secondary N) is 1. The highest BCUT2D eigenvalue weighted by atomic mass is 32.2. The quantitative estimate of drug-likeness (QED) is 0.727. The van der Waals surface area contributed by atoms with Gasteiger partial charge >= 0.3 is 5.97 Å². The van der Waals surface area contributed by atoms with E-state index in [-0.39, 0.29) is 12.0 Å². The Morgan fingerprint density at radius 3 is 2.93 bits per heavy atom. The van der Waals surface area contributed by atoms with E-state index in [4.69, 9.17) is 4.74 Å². The zero-order valence-corrected chi connectivity index (χ0v) is 10.1. The molecule has 3 nitrogen and oxygen atoms in total. The van der Waals surface area contributed by atoms with Crippen LogP contribution in [0.25, 0.3) is 0 Å². The van der Waals surface area contributed by atoms with E-state index in [1.807, 2.05) is 18.7 Å². The second kappa shape index (κ2) is 4.74. The molecule has 2 aliphatic heterocycles. The van der Waals surface area contributed by atoms with Crippen LogP contribution in [-0.4, -0.2) is 36.7 Å². The van der Waals surface area contributed by atoms with Crippen LogP contribution in [0.2, 0.25) is 0 Å². The topological polar surface area (TPSA) is 38.3 Å². The second-order valence-corrected chi connectivity index (χ2v) is 5.73. The predicted octanol–water partition coefficient (Wildman–Crippen LogP) is 1.42. The maximum Gasteiger partial charge on any atom is 0.323 e.